The van der Waals surface area contributed by atoms with Gasteiger partial charge in [0.25, 0.3) is 0 Å². The number of hydrogen-bond donors (Lipinski definition) is 1. The zero-order valence-electron chi connectivity index (χ0n) is 27.0. The number of carboxylic acid groups (broad SMARTS) is 1. The van der Waals surface area contributed by atoms with Crippen LogP contribution in [-0.4, -0.2) is 90.4 Å². The van der Waals surface area contributed by atoms with Crippen LogP contribution in [0.15, 0.2) is 60.9 Å². The van der Waals surface area contributed by atoms with E-state index in [2.05, 4.69) is 26.8 Å². The van der Waals surface area contributed by atoms with E-state index in [0.717, 1.165) is 59.1 Å². The monoisotopic (exact) mass is 700 g/mol. The number of fused-ring (bicyclic) bond motifs is 8. The first-order chi connectivity index (χ1) is 23.8. The molecule has 4 aromatic carbocycles. The zero-order chi connectivity index (χ0) is 33.9. The van der Waals surface area contributed by atoms with E-state index in [1.54, 1.807) is 13.2 Å². The fourth-order valence-electron chi connectivity index (χ4n) is 7.23. The van der Waals surface area contributed by atoms with Gasteiger partial charge in [0.15, 0.2) is 0 Å². The van der Waals surface area contributed by atoms with Gasteiger partial charge < -0.3 is 24.2 Å². The number of ether oxygens (including phenoxy) is 3. The third kappa shape index (κ3) is 5.49. The van der Waals surface area contributed by atoms with Crippen LogP contribution in [0.3, 0.4) is 0 Å². The Kier molecular flexibility index (Phi) is 8.18. The number of methoxy groups -OCH3 is 1. The molecule has 0 spiro atoms. The summed E-state index contributed by atoms with van der Waals surface area (Å²) in [5, 5.41) is 15.1. The average Bonchev–Trinajstić information content (AvgIpc) is 3.81. The minimum Gasteiger partial charge on any atom is -0.496 e. The Morgan fingerprint density at radius 3 is 2.53 bits per heavy atom. The number of piperazine rings is 1. The molecule has 1 aliphatic carbocycles. The predicted octanol–water partition coefficient (Wildman–Crippen LogP) is 7.14. The molecule has 1 unspecified atom stereocenters. The minimum absolute atomic E-state index is 0.163. The largest absolute Gasteiger partial charge is 0.496 e. The van der Waals surface area contributed by atoms with Crippen molar-refractivity contribution < 1.29 is 28.5 Å². The molecule has 2 aliphatic rings. The second kappa shape index (κ2) is 12.5. The number of hydrogen-bond acceptors (Lipinski definition) is 9. The van der Waals surface area contributed by atoms with Crippen LogP contribution in [0.4, 0.5) is 4.39 Å². The number of rotatable bonds is 10. The number of likely N-dealkylation sites (N-methyl/N-ethyl adjacent to an activating group) is 1. The van der Waals surface area contributed by atoms with Gasteiger partial charge in [0.1, 0.15) is 35.1 Å². The summed E-state index contributed by atoms with van der Waals surface area (Å²) in [6, 6.07) is 15.9. The number of aromatic nitrogens is 2. The number of carboxylic acids is 1. The maximum Gasteiger partial charge on any atom is 0.345 e. The molecule has 1 saturated heterocycles. The molecule has 1 N–H and O–H groups in total. The fraction of sp³-hybridized carbons (Fsp3) is 0.324. The lowest BCUT2D eigenvalue weighted by Gasteiger charge is -2.32. The lowest BCUT2D eigenvalue weighted by Crippen LogP contribution is -2.45. The topological polar surface area (TPSA) is 97.3 Å². The van der Waals surface area contributed by atoms with Gasteiger partial charge >= 0.3 is 5.97 Å². The van der Waals surface area contributed by atoms with E-state index in [-0.39, 0.29) is 11.7 Å². The predicted molar refractivity (Wildman–Crippen MR) is 190 cm³/mol. The maximum atomic E-state index is 14.8. The molecule has 0 radical (unpaired) electrons. The first-order valence-corrected chi connectivity index (χ1v) is 17.5. The molecule has 12 heteroatoms. The summed E-state index contributed by atoms with van der Waals surface area (Å²) < 4.78 is 34.0. The second-order valence-corrected chi connectivity index (χ2v) is 14.2. The fourth-order valence-corrected chi connectivity index (χ4v) is 8.74. The number of benzene rings is 4. The Morgan fingerprint density at radius 1 is 1.00 bits per heavy atom. The Balaban J connectivity index is 1.25. The van der Waals surface area contributed by atoms with Crippen molar-refractivity contribution in [2.45, 2.75) is 24.4 Å². The molecule has 1 atom stereocenters. The molecule has 6 aromatic rings. The van der Waals surface area contributed by atoms with Gasteiger partial charge in [-0.3, -0.25) is 4.90 Å². The van der Waals surface area contributed by atoms with E-state index >= 15 is 0 Å². The number of carbonyl (C=O) groups is 1. The van der Waals surface area contributed by atoms with Crippen molar-refractivity contribution in [3.05, 3.63) is 77.3 Å². The number of thiophene rings is 1. The van der Waals surface area contributed by atoms with Crippen molar-refractivity contribution in [1.29, 1.82) is 0 Å². The van der Waals surface area contributed by atoms with Crippen LogP contribution in [0, 0.1) is 5.82 Å². The Bertz CT molecular complexity index is 2250. The summed E-state index contributed by atoms with van der Waals surface area (Å²) >= 11 is 8.57. The van der Waals surface area contributed by atoms with Crippen LogP contribution in [0.5, 0.6) is 17.4 Å². The highest BCUT2D eigenvalue weighted by Gasteiger charge is 2.57. The highest BCUT2D eigenvalue weighted by atomic mass is 35.5. The molecular formula is C37H34ClFN4O5S. The molecule has 2 aromatic heterocycles. The van der Waals surface area contributed by atoms with E-state index in [1.807, 2.05) is 36.4 Å². The van der Waals surface area contributed by atoms with Crippen molar-refractivity contribution in [2.75, 3.05) is 53.5 Å². The highest BCUT2D eigenvalue weighted by Crippen LogP contribution is 2.56. The molecule has 0 bridgehead atoms. The van der Waals surface area contributed by atoms with E-state index in [0.29, 0.717) is 57.0 Å². The van der Waals surface area contributed by atoms with Crippen LogP contribution in [0.1, 0.15) is 18.4 Å². The Labute approximate surface area is 290 Å². The van der Waals surface area contributed by atoms with Gasteiger partial charge in [-0.1, -0.05) is 35.9 Å². The summed E-state index contributed by atoms with van der Waals surface area (Å²) in [6.07, 6.45) is 1.39. The van der Waals surface area contributed by atoms with Crippen LogP contribution in [0.25, 0.3) is 41.8 Å². The van der Waals surface area contributed by atoms with Gasteiger partial charge in [0.2, 0.25) is 12.0 Å². The number of para-hydroxylation sites is 1. The first-order valence-electron chi connectivity index (χ1n) is 16.3. The first kappa shape index (κ1) is 31.9. The van der Waals surface area contributed by atoms with Crippen LogP contribution in [-0.2, 0) is 10.2 Å². The standard InChI is InChI=1S/C37H34ClFN4O5S/c1-42-13-15-43(16-14-42)17-18-47-27-10-9-23-28(31(27)38)24-19-21(39)7-8-22(24)32-29(23)30-34(40-20-41-35(30)49-32)48-33(36(44)45)37(11-12-37)25-5-3-4-6-26(25)46-2/h3-10,19-20,33H,11-18H2,1-2H3,(H,44,45). The van der Waals surface area contributed by atoms with Gasteiger partial charge in [0.05, 0.1) is 17.5 Å². The van der Waals surface area contributed by atoms with E-state index in [9.17, 15) is 14.3 Å². The lowest BCUT2D eigenvalue weighted by atomic mass is 9.89. The summed E-state index contributed by atoms with van der Waals surface area (Å²) in [6.45, 7) is 5.22. The maximum absolute atomic E-state index is 14.8. The van der Waals surface area contributed by atoms with Gasteiger partial charge in [0, 0.05) is 64.6 Å². The molecule has 3 heterocycles. The van der Waals surface area contributed by atoms with Crippen LogP contribution < -0.4 is 14.2 Å². The molecule has 9 nitrogen and oxygen atoms in total. The minimum atomic E-state index is -1.23. The third-order valence-electron chi connectivity index (χ3n) is 9.97. The molecule has 1 aliphatic heterocycles. The molecular weight excluding hydrogens is 667 g/mol. The van der Waals surface area contributed by atoms with Crippen molar-refractivity contribution in [3.63, 3.8) is 0 Å². The molecule has 0 amide bonds. The molecule has 252 valence electrons. The van der Waals surface area contributed by atoms with Gasteiger partial charge in [-0.2, -0.15) is 0 Å². The summed E-state index contributed by atoms with van der Waals surface area (Å²) in [4.78, 5) is 27.3. The van der Waals surface area contributed by atoms with E-state index < -0.39 is 17.5 Å². The normalized spacial score (nSPS) is 17.1. The molecule has 8 rings (SSSR count). The second-order valence-electron chi connectivity index (χ2n) is 12.8. The van der Waals surface area contributed by atoms with Crippen molar-refractivity contribution in [1.82, 2.24) is 19.8 Å². The highest BCUT2D eigenvalue weighted by molar-refractivity contribution is 7.26. The van der Waals surface area contributed by atoms with Crippen LogP contribution in [0.2, 0.25) is 5.02 Å². The molecule has 49 heavy (non-hydrogen) atoms. The van der Waals surface area contributed by atoms with Gasteiger partial charge in [-0.25, -0.2) is 19.2 Å². The third-order valence-corrected chi connectivity index (χ3v) is 11.5. The van der Waals surface area contributed by atoms with Crippen LogP contribution >= 0.6 is 22.9 Å². The number of nitrogens with zero attached hydrogens (tertiary/aromatic N) is 4. The number of halogens is 2. The number of aliphatic carboxylic acids is 1. The van der Waals surface area contributed by atoms with Gasteiger partial charge in [-0.15, -0.1) is 11.3 Å². The Hall–Kier alpha value is -4.29. The Morgan fingerprint density at radius 2 is 1.78 bits per heavy atom. The quantitative estimate of drug-likeness (QED) is 0.150. The summed E-state index contributed by atoms with van der Waals surface area (Å²) in [5.74, 6) is -0.188. The van der Waals surface area contributed by atoms with E-state index in [4.69, 9.17) is 25.8 Å². The van der Waals surface area contributed by atoms with Crippen molar-refractivity contribution >= 4 is 70.8 Å². The van der Waals surface area contributed by atoms with Crippen molar-refractivity contribution in [2.24, 2.45) is 0 Å². The average molecular weight is 701 g/mol. The SMILES string of the molecule is COc1ccccc1C1(C(Oc2ncnc3sc4c5ccc(F)cc5c5c(Cl)c(OCCN6CCN(C)CC6)ccc5c4c23)C(=O)O)CC1. The summed E-state index contributed by atoms with van der Waals surface area (Å²) in [5.41, 5.74) is 0.00353. The molecule has 2 fully saturated rings. The zero-order valence-corrected chi connectivity index (χ0v) is 28.6. The molecule has 1 saturated carbocycles. The van der Waals surface area contributed by atoms with E-state index in [1.165, 1.54) is 29.8 Å². The smallest absolute Gasteiger partial charge is 0.345 e. The van der Waals surface area contributed by atoms with Gasteiger partial charge in [-0.05, 0) is 61.0 Å². The summed E-state index contributed by atoms with van der Waals surface area (Å²) in [7, 11) is 3.70. The van der Waals surface area contributed by atoms with Crippen molar-refractivity contribution in [3.8, 4) is 17.4 Å². The lowest BCUT2D eigenvalue weighted by molar-refractivity contribution is -0.147.